The second kappa shape index (κ2) is 6.27. The molecule has 1 fully saturated rings. The number of carbonyl (C=O) groups excluding carboxylic acids is 4. The van der Waals surface area contributed by atoms with Gasteiger partial charge in [0.2, 0.25) is 6.10 Å². The van der Waals surface area contributed by atoms with Crippen LogP contribution in [-0.4, -0.2) is 29.4 Å². The van der Waals surface area contributed by atoms with E-state index in [0.717, 1.165) is 0 Å². The van der Waals surface area contributed by atoms with Crippen molar-refractivity contribution in [2.24, 2.45) is 0 Å². The molecule has 0 aromatic rings. The minimum atomic E-state index is -1.19. The molecule has 0 amide bonds. The van der Waals surface area contributed by atoms with E-state index in [-0.39, 0.29) is 36.6 Å². The summed E-state index contributed by atoms with van der Waals surface area (Å²) < 4.78 is 4.80. The molecule has 0 unspecified atom stereocenters. The molecule has 0 heterocycles. The van der Waals surface area contributed by atoms with Gasteiger partial charge < -0.3 is 4.74 Å². The Labute approximate surface area is 99.5 Å². The van der Waals surface area contributed by atoms with Gasteiger partial charge in [-0.25, -0.2) is 0 Å². The van der Waals surface area contributed by atoms with E-state index in [2.05, 4.69) is 0 Å². The van der Waals surface area contributed by atoms with E-state index >= 15 is 0 Å². The molecule has 0 aromatic heterocycles. The molecule has 0 bridgehead atoms. The Morgan fingerprint density at radius 3 is 2.29 bits per heavy atom. The molecule has 5 heteroatoms. The van der Waals surface area contributed by atoms with E-state index < -0.39 is 12.1 Å². The van der Waals surface area contributed by atoms with E-state index in [4.69, 9.17) is 4.74 Å². The normalized spacial score (nSPS) is 16.3. The number of esters is 1. The molecule has 17 heavy (non-hydrogen) atoms. The molecule has 1 aliphatic rings. The largest absolute Gasteiger partial charge is 0.446 e. The highest BCUT2D eigenvalue weighted by molar-refractivity contribution is 6.12. The Morgan fingerprint density at radius 1 is 1.18 bits per heavy atom. The number of rotatable bonds is 6. The molecule has 1 aliphatic carbocycles. The first-order valence-corrected chi connectivity index (χ1v) is 5.81. The van der Waals surface area contributed by atoms with Crippen molar-refractivity contribution in [2.45, 2.75) is 51.6 Å². The summed E-state index contributed by atoms with van der Waals surface area (Å²) in [5.41, 5.74) is 0. The molecule has 0 atom stereocenters. The van der Waals surface area contributed by atoms with Gasteiger partial charge in [0, 0.05) is 32.1 Å². The molecule has 0 N–H and O–H groups in total. The third kappa shape index (κ3) is 4.09. The Kier molecular flexibility index (Phi) is 5.00. The molecular weight excluding hydrogens is 224 g/mol. The van der Waals surface area contributed by atoms with Crippen molar-refractivity contribution in [1.82, 2.24) is 0 Å². The van der Waals surface area contributed by atoms with E-state index in [1.165, 1.54) is 0 Å². The average molecular weight is 240 g/mol. The fourth-order valence-electron chi connectivity index (χ4n) is 1.62. The Hall–Kier alpha value is -1.52. The zero-order valence-corrected chi connectivity index (χ0v) is 9.86. The SMILES string of the molecule is CCC(=O)CCCC(=O)OC1C(=O)CCC1=O. The van der Waals surface area contributed by atoms with Crippen molar-refractivity contribution in [3.05, 3.63) is 0 Å². The summed E-state index contributed by atoms with van der Waals surface area (Å²) in [6.07, 6.45) is 0.385. The van der Waals surface area contributed by atoms with Gasteiger partial charge in [-0.2, -0.15) is 0 Å². The van der Waals surface area contributed by atoms with Gasteiger partial charge in [0.25, 0.3) is 0 Å². The van der Waals surface area contributed by atoms with Gasteiger partial charge in [-0.3, -0.25) is 19.2 Å². The van der Waals surface area contributed by atoms with Crippen molar-refractivity contribution in [1.29, 1.82) is 0 Å². The lowest BCUT2D eigenvalue weighted by Crippen LogP contribution is -2.28. The lowest BCUT2D eigenvalue weighted by molar-refractivity contribution is -0.157. The third-order valence-electron chi connectivity index (χ3n) is 2.68. The fourth-order valence-corrected chi connectivity index (χ4v) is 1.62. The summed E-state index contributed by atoms with van der Waals surface area (Å²) in [6.45, 7) is 1.76. The highest BCUT2D eigenvalue weighted by atomic mass is 16.5. The predicted molar refractivity (Wildman–Crippen MR) is 58.3 cm³/mol. The van der Waals surface area contributed by atoms with Gasteiger partial charge in [0.05, 0.1) is 0 Å². The van der Waals surface area contributed by atoms with Gasteiger partial charge in [-0.1, -0.05) is 6.92 Å². The summed E-state index contributed by atoms with van der Waals surface area (Å²) in [4.78, 5) is 44.7. The number of hydrogen-bond donors (Lipinski definition) is 0. The predicted octanol–water partition coefficient (Wildman–Crippen LogP) is 0.980. The number of hydrogen-bond acceptors (Lipinski definition) is 5. The van der Waals surface area contributed by atoms with Gasteiger partial charge in [-0.05, 0) is 6.42 Å². The lowest BCUT2D eigenvalue weighted by atomic mass is 10.1. The summed E-state index contributed by atoms with van der Waals surface area (Å²) in [5, 5.41) is 0. The molecule has 1 rings (SSSR count). The molecule has 0 aliphatic heterocycles. The Bertz CT molecular complexity index is 329. The Balaban J connectivity index is 2.27. The topological polar surface area (TPSA) is 77.5 Å². The monoisotopic (exact) mass is 240 g/mol. The molecule has 0 radical (unpaired) electrons. The second-order valence-electron chi connectivity index (χ2n) is 4.05. The van der Waals surface area contributed by atoms with Crippen LogP contribution in [0.1, 0.15) is 45.4 Å². The van der Waals surface area contributed by atoms with Crippen LogP contribution in [0, 0.1) is 0 Å². The van der Waals surface area contributed by atoms with Crippen molar-refractivity contribution >= 4 is 23.3 Å². The van der Waals surface area contributed by atoms with Gasteiger partial charge >= 0.3 is 5.97 Å². The van der Waals surface area contributed by atoms with E-state index in [1.54, 1.807) is 6.92 Å². The van der Waals surface area contributed by atoms with Crippen LogP contribution in [0.15, 0.2) is 0 Å². The number of carbonyl (C=O) groups is 4. The minimum Gasteiger partial charge on any atom is -0.446 e. The molecule has 5 nitrogen and oxygen atoms in total. The van der Waals surface area contributed by atoms with Crippen LogP contribution < -0.4 is 0 Å². The maximum Gasteiger partial charge on any atom is 0.306 e. The first-order chi connectivity index (χ1) is 8.04. The standard InChI is InChI=1S/C12H16O5/c1-2-8(13)4-3-5-11(16)17-12-9(14)6-7-10(12)15/h12H,2-7H2,1H3. The zero-order valence-electron chi connectivity index (χ0n) is 9.86. The summed E-state index contributed by atoms with van der Waals surface area (Å²) in [6, 6.07) is 0. The highest BCUT2D eigenvalue weighted by Gasteiger charge is 2.35. The molecule has 0 aromatic carbocycles. The first-order valence-electron chi connectivity index (χ1n) is 5.81. The van der Waals surface area contributed by atoms with Crippen LogP contribution in [0.3, 0.4) is 0 Å². The number of ketones is 3. The maximum absolute atomic E-state index is 11.3. The van der Waals surface area contributed by atoms with Gasteiger partial charge in [0.15, 0.2) is 11.6 Å². The fraction of sp³-hybridized carbons (Fsp3) is 0.667. The van der Waals surface area contributed by atoms with Crippen LogP contribution in [-0.2, 0) is 23.9 Å². The van der Waals surface area contributed by atoms with Crippen molar-refractivity contribution in [3.63, 3.8) is 0 Å². The molecule has 0 spiro atoms. The zero-order chi connectivity index (χ0) is 12.8. The van der Waals surface area contributed by atoms with E-state index in [1.807, 2.05) is 0 Å². The smallest absolute Gasteiger partial charge is 0.306 e. The van der Waals surface area contributed by atoms with Crippen molar-refractivity contribution in [2.75, 3.05) is 0 Å². The van der Waals surface area contributed by atoms with E-state index in [9.17, 15) is 19.2 Å². The summed E-state index contributed by atoms with van der Waals surface area (Å²) in [5.74, 6) is -1.14. The highest BCUT2D eigenvalue weighted by Crippen LogP contribution is 2.15. The summed E-state index contributed by atoms with van der Waals surface area (Å²) in [7, 11) is 0. The second-order valence-corrected chi connectivity index (χ2v) is 4.05. The Morgan fingerprint density at radius 2 is 1.76 bits per heavy atom. The molecule has 0 saturated heterocycles. The van der Waals surface area contributed by atoms with Gasteiger partial charge in [-0.15, -0.1) is 0 Å². The van der Waals surface area contributed by atoms with Crippen LogP contribution in [0.4, 0.5) is 0 Å². The minimum absolute atomic E-state index is 0.0722. The third-order valence-corrected chi connectivity index (χ3v) is 2.68. The van der Waals surface area contributed by atoms with Crippen LogP contribution >= 0.6 is 0 Å². The van der Waals surface area contributed by atoms with Crippen LogP contribution in [0.25, 0.3) is 0 Å². The van der Waals surface area contributed by atoms with E-state index in [0.29, 0.717) is 19.3 Å². The average Bonchev–Trinajstić information content (AvgIpc) is 2.60. The van der Waals surface area contributed by atoms with Crippen molar-refractivity contribution in [3.8, 4) is 0 Å². The molecular formula is C12H16O5. The first kappa shape index (κ1) is 13.5. The van der Waals surface area contributed by atoms with Crippen LogP contribution in [0.2, 0.25) is 0 Å². The lowest BCUT2D eigenvalue weighted by Gasteiger charge is -2.08. The van der Waals surface area contributed by atoms with Gasteiger partial charge in [0.1, 0.15) is 5.78 Å². The number of Topliss-reactive ketones (excluding diaryl/α,β-unsaturated/α-hetero) is 3. The quantitative estimate of drug-likeness (QED) is 0.511. The number of ether oxygens (including phenoxy) is 1. The van der Waals surface area contributed by atoms with Crippen molar-refractivity contribution < 1.29 is 23.9 Å². The molecule has 1 saturated carbocycles. The summed E-state index contributed by atoms with van der Waals surface area (Å²) >= 11 is 0. The molecule has 94 valence electrons. The van der Waals surface area contributed by atoms with Crippen LogP contribution in [0.5, 0.6) is 0 Å². The maximum atomic E-state index is 11.3.